The summed E-state index contributed by atoms with van der Waals surface area (Å²) < 4.78 is 83.1. The Labute approximate surface area is 97.5 Å². The van der Waals surface area contributed by atoms with Crippen molar-refractivity contribution in [2.45, 2.75) is 24.4 Å². The Morgan fingerprint density at radius 1 is 1.06 bits per heavy atom. The second-order valence-corrected chi connectivity index (χ2v) is 3.23. The predicted octanol–water partition coefficient (Wildman–Crippen LogP) is 1.99. The van der Waals surface area contributed by atoms with Crippen LogP contribution < -0.4 is 0 Å². The van der Waals surface area contributed by atoms with Crippen LogP contribution in [-0.4, -0.2) is 49.4 Å². The zero-order chi connectivity index (χ0) is 14.6. The van der Waals surface area contributed by atoms with Crippen LogP contribution in [0.2, 0.25) is 0 Å². The topological polar surface area (TPSA) is 55.8 Å². The van der Waals surface area contributed by atoms with E-state index in [9.17, 15) is 31.1 Å². The molecule has 0 aromatic rings. The van der Waals surface area contributed by atoms with Gasteiger partial charge in [-0.3, -0.25) is 4.79 Å². The van der Waals surface area contributed by atoms with Crippen LogP contribution in [-0.2, 0) is 14.3 Å². The number of rotatable bonds is 6. The molecular weight excluding hydrogens is 274 g/mol. The van der Waals surface area contributed by atoms with E-state index in [0.717, 1.165) is 7.11 Å². The van der Waals surface area contributed by atoms with Crippen molar-refractivity contribution in [2.24, 2.45) is 0 Å². The van der Waals surface area contributed by atoms with E-state index in [1.165, 1.54) is 0 Å². The highest BCUT2D eigenvalue weighted by Crippen LogP contribution is 2.48. The zero-order valence-electron chi connectivity index (χ0n) is 9.06. The monoisotopic (exact) mass is 284 g/mol. The average Bonchev–Trinajstić information content (AvgIpc) is 2.12. The summed E-state index contributed by atoms with van der Waals surface area (Å²) in [5.74, 6) is -2.28. The van der Waals surface area contributed by atoms with Gasteiger partial charge in [-0.2, -0.15) is 26.3 Å². The highest BCUT2D eigenvalue weighted by molar-refractivity contribution is 5.68. The average molecular weight is 284 g/mol. The largest absolute Gasteiger partial charge is 0.481 e. The molecule has 0 atom stereocenters. The minimum absolute atomic E-state index is 0.534. The maximum absolute atomic E-state index is 12.5. The van der Waals surface area contributed by atoms with Crippen LogP contribution in [0, 0.1) is 0 Å². The van der Waals surface area contributed by atoms with Crippen molar-refractivity contribution in [2.75, 3.05) is 20.3 Å². The number of hydrogen-bond acceptors (Lipinski definition) is 3. The van der Waals surface area contributed by atoms with Gasteiger partial charge in [0, 0.05) is 7.11 Å². The van der Waals surface area contributed by atoms with Gasteiger partial charge >= 0.3 is 18.3 Å². The fourth-order valence-electron chi connectivity index (χ4n) is 1.09. The molecule has 0 aromatic heterocycles. The number of carbonyl (C=O) groups is 1. The number of alkyl halides is 6. The first kappa shape index (κ1) is 17.0. The van der Waals surface area contributed by atoms with Gasteiger partial charge in [0.15, 0.2) is 0 Å². The van der Waals surface area contributed by atoms with Crippen molar-refractivity contribution in [1.82, 2.24) is 0 Å². The summed E-state index contributed by atoms with van der Waals surface area (Å²) in [6.07, 6.45) is -14.1. The third-order valence-electron chi connectivity index (χ3n) is 1.95. The summed E-state index contributed by atoms with van der Waals surface area (Å²) in [6, 6.07) is 0. The highest BCUT2D eigenvalue weighted by atomic mass is 19.4. The van der Waals surface area contributed by atoms with E-state index in [1.54, 1.807) is 0 Å². The normalized spacial score (nSPS) is 13.7. The molecule has 0 aliphatic heterocycles. The Bertz CT molecular complexity index is 270. The van der Waals surface area contributed by atoms with Gasteiger partial charge < -0.3 is 14.6 Å². The number of methoxy groups -OCH3 is 1. The molecule has 0 saturated heterocycles. The maximum atomic E-state index is 12.5. The van der Waals surface area contributed by atoms with Gasteiger partial charge in [0.1, 0.15) is 0 Å². The van der Waals surface area contributed by atoms with Crippen molar-refractivity contribution in [3.63, 3.8) is 0 Å². The Morgan fingerprint density at radius 2 is 1.50 bits per heavy atom. The molecule has 0 amide bonds. The molecular formula is C8H10F6O4. The first-order chi connectivity index (χ1) is 7.98. The van der Waals surface area contributed by atoms with Gasteiger partial charge in [0.25, 0.3) is 5.60 Å². The summed E-state index contributed by atoms with van der Waals surface area (Å²) in [6.45, 7) is -1.57. The number of carboxylic acid groups (broad SMARTS) is 1. The van der Waals surface area contributed by atoms with E-state index < -0.39 is 43.6 Å². The summed E-state index contributed by atoms with van der Waals surface area (Å²) in [4.78, 5) is 10.2. The van der Waals surface area contributed by atoms with Gasteiger partial charge in [-0.05, 0) is 0 Å². The van der Waals surface area contributed by atoms with Crippen LogP contribution >= 0.6 is 0 Å². The molecule has 0 spiro atoms. The molecule has 18 heavy (non-hydrogen) atoms. The number of aliphatic carboxylic acids is 1. The molecule has 0 saturated carbocycles. The number of hydrogen-bond donors (Lipinski definition) is 1. The van der Waals surface area contributed by atoms with Crippen molar-refractivity contribution < 1.29 is 45.7 Å². The number of halogens is 6. The molecule has 0 unspecified atom stereocenters. The van der Waals surface area contributed by atoms with Gasteiger partial charge in [-0.15, -0.1) is 0 Å². The lowest BCUT2D eigenvalue weighted by molar-refractivity contribution is -0.381. The molecule has 0 radical (unpaired) electrons. The number of carboxylic acids is 1. The third-order valence-corrected chi connectivity index (χ3v) is 1.95. The van der Waals surface area contributed by atoms with Crippen molar-refractivity contribution >= 4 is 5.97 Å². The highest BCUT2D eigenvalue weighted by Gasteiger charge is 2.73. The molecule has 0 rings (SSSR count). The van der Waals surface area contributed by atoms with E-state index in [0.29, 0.717) is 0 Å². The molecule has 0 aliphatic carbocycles. The molecule has 0 aromatic carbocycles. The minimum Gasteiger partial charge on any atom is -0.481 e. The van der Waals surface area contributed by atoms with Gasteiger partial charge in [-0.25, -0.2) is 0 Å². The fourth-order valence-corrected chi connectivity index (χ4v) is 1.09. The van der Waals surface area contributed by atoms with Crippen LogP contribution in [0.3, 0.4) is 0 Å². The Balaban J connectivity index is 5.35. The smallest absolute Gasteiger partial charge is 0.427 e. The van der Waals surface area contributed by atoms with Crippen molar-refractivity contribution in [3.05, 3.63) is 0 Å². The van der Waals surface area contributed by atoms with E-state index in [1.807, 2.05) is 0 Å². The summed E-state index contributed by atoms with van der Waals surface area (Å²) in [5, 5.41) is 8.22. The van der Waals surface area contributed by atoms with Gasteiger partial charge in [-0.1, -0.05) is 0 Å². The van der Waals surface area contributed by atoms with Gasteiger partial charge in [0.05, 0.1) is 19.6 Å². The lowest BCUT2D eigenvalue weighted by Crippen LogP contribution is -2.60. The van der Waals surface area contributed by atoms with Crippen LogP contribution in [0.15, 0.2) is 0 Å². The Kier molecular flexibility index (Phi) is 5.41. The predicted molar refractivity (Wildman–Crippen MR) is 44.9 cm³/mol. The van der Waals surface area contributed by atoms with Crippen LogP contribution in [0.25, 0.3) is 0 Å². The quantitative estimate of drug-likeness (QED) is 0.598. The van der Waals surface area contributed by atoms with E-state index >= 15 is 0 Å². The first-order valence-corrected chi connectivity index (χ1v) is 4.46. The first-order valence-electron chi connectivity index (χ1n) is 4.46. The Hall–Kier alpha value is -1.03. The minimum atomic E-state index is -5.91. The van der Waals surface area contributed by atoms with Crippen molar-refractivity contribution in [3.8, 4) is 0 Å². The molecule has 0 heterocycles. The maximum Gasteiger partial charge on any atom is 0.427 e. The molecule has 0 aliphatic rings. The summed E-state index contributed by atoms with van der Waals surface area (Å²) in [5.41, 5.74) is -4.73. The fraction of sp³-hybridized carbons (Fsp3) is 0.875. The second-order valence-electron chi connectivity index (χ2n) is 3.23. The molecule has 10 heteroatoms. The Morgan fingerprint density at radius 3 is 1.78 bits per heavy atom. The molecule has 0 fully saturated rings. The zero-order valence-corrected chi connectivity index (χ0v) is 9.06. The standard InChI is InChI=1S/C8H10F6O4/c1-17-2-3-18-6(4-5(15)16,7(9,10)11)8(12,13)14/h2-4H2,1H3,(H,15,16). The molecule has 0 bridgehead atoms. The summed E-state index contributed by atoms with van der Waals surface area (Å²) in [7, 11) is 1.05. The summed E-state index contributed by atoms with van der Waals surface area (Å²) >= 11 is 0. The SMILES string of the molecule is COCCOC(CC(=O)O)(C(F)(F)F)C(F)(F)F. The molecule has 108 valence electrons. The van der Waals surface area contributed by atoms with Crippen LogP contribution in [0.1, 0.15) is 6.42 Å². The van der Waals surface area contributed by atoms with E-state index in [4.69, 9.17) is 5.11 Å². The lowest BCUT2D eigenvalue weighted by atomic mass is 9.98. The third kappa shape index (κ3) is 3.73. The molecule has 1 N–H and O–H groups in total. The molecule has 4 nitrogen and oxygen atoms in total. The number of ether oxygens (including phenoxy) is 2. The van der Waals surface area contributed by atoms with E-state index in [-0.39, 0.29) is 0 Å². The van der Waals surface area contributed by atoms with Crippen LogP contribution in [0.5, 0.6) is 0 Å². The lowest BCUT2D eigenvalue weighted by Gasteiger charge is -2.35. The second kappa shape index (κ2) is 5.74. The van der Waals surface area contributed by atoms with E-state index in [2.05, 4.69) is 9.47 Å². The van der Waals surface area contributed by atoms with Crippen LogP contribution in [0.4, 0.5) is 26.3 Å². The van der Waals surface area contributed by atoms with Gasteiger partial charge in [0.2, 0.25) is 0 Å². The van der Waals surface area contributed by atoms with Crippen molar-refractivity contribution in [1.29, 1.82) is 0 Å².